The third-order valence-corrected chi connectivity index (χ3v) is 7.40. The normalized spacial score (nSPS) is 19.0. The van der Waals surface area contributed by atoms with Crippen LogP contribution in [0.15, 0.2) is 40.4 Å². The van der Waals surface area contributed by atoms with Gasteiger partial charge in [-0.05, 0) is 43.5 Å². The van der Waals surface area contributed by atoms with Crippen molar-refractivity contribution >= 4 is 33.4 Å². The topological polar surface area (TPSA) is 96.8 Å². The van der Waals surface area contributed by atoms with Crippen LogP contribution < -0.4 is 15.0 Å². The zero-order chi connectivity index (χ0) is 23.2. The molecule has 2 aromatic rings. The molecule has 0 bridgehead atoms. The molecule has 3 heterocycles. The minimum atomic E-state index is -3.05. The fraction of sp³-hybridized carbons (Fsp3) is 0.348. The molecule has 2 aliphatic heterocycles. The van der Waals surface area contributed by atoms with Gasteiger partial charge in [0.25, 0.3) is 0 Å². The van der Waals surface area contributed by atoms with E-state index in [4.69, 9.17) is 4.74 Å². The van der Waals surface area contributed by atoms with Crippen LogP contribution >= 0.6 is 0 Å². The van der Waals surface area contributed by atoms with Gasteiger partial charge >= 0.3 is 6.01 Å². The fourth-order valence-corrected chi connectivity index (χ4v) is 5.27. The number of rotatable bonds is 4. The maximum atomic E-state index is 15.1. The van der Waals surface area contributed by atoms with E-state index in [1.165, 1.54) is 0 Å². The maximum absolute atomic E-state index is 15.1. The van der Waals surface area contributed by atoms with Gasteiger partial charge in [0.2, 0.25) is 0 Å². The lowest BCUT2D eigenvalue weighted by molar-refractivity contribution is 0.411. The minimum absolute atomic E-state index is 0.0275. The summed E-state index contributed by atoms with van der Waals surface area (Å²) in [4.78, 5) is 15.1. The van der Waals surface area contributed by atoms with Crippen LogP contribution in [-0.4, -0.2) is 55.4 Å². The number of benzene rings is 1. The lowest BCUT2D eigenvalue weighted by Crippen LogP contribution is -2.40. The lowest BCUT2D eigenvalue weighted by Gasteiger charge is -2.28. The molecule has 1 aromatic carbocycles. The summed E-state index contributed by atoms with van der Waals surface area (Å²) in [5.74, 6) is 1.30. The number of amidine groups is 1. The quantitative estimate of drug-likeness (QED) is 0.733. The summed E-state index contributed by atoms with van der Waals surface area (Å²) >= 11 is 0. The molecule has 1 aromatic heterocycles. The molecule has 33 heavy (non-hydrogen) atoms. The molecule has 3 aliphatic rings. The van der Waals surface area contributed by atoms with Gasteiger partial charge in [-0.1, -0.05) is 17.7 Å². The molecule has 1 N–H and O–H groups in total. The highest BCUT2D eigenvalue weighted by molar-refractivity contribution is 7.91. The average molecular weight is 470 g/mol. The van der Waals surface area contributed by atoms with Crippen molar-refractivity contribution in [2.24, 2.45) is 4.99 Å². The number of fused-ring (bicyclic) bond motifs is 1. The van der Waals surface area contributed by atoms with Crippen LogP contribution in [-0.2, 0) is 16.3 Å². The molecule has 0 unspecified atom stereocenters. The van der Waals surface area contributed by atoms with Crippen molar-refractivity contribution in [1.82, 2.24) is 9.97 Å². The van der Waals surface area contributed by atoms with Crippen molar-refractivity contribution in [1.29, 1.82) is 0 Å². The summed E-state index contributed by atoms with van der Waals surface area (Å²) in [7, 11) is -3.05. The van der Waals surface area contributed by atoms with E-state index in [1.54, 1.807) is 12.1 Å². The van der Waals surface area contributed by atoms with Crippen LogP contribution in [0, 0.1) is 5.82 Å². The summed E-state index contributed by atoms with van der Waals surface area (Å²) < 4.78 is 44.6. The van der Waals surface area contributed by atoms with Crippen molar-refractivity contribution in [3.8, 4) is 11.8 Å². The summed E-state index contributed by atoms with van der Waals surface area (Å²) in [5.41, 5.74) is 3.66. The van der Waals surface area contributed by atoms with E-state index in [1.807, 2.05) is 37.0 Å². The van der Waals surface area contributed by atoms with E-state index < -0.39 is 15.7 Å². The first-order chi connectivity index (χ1) is 15.8. The van der Waals surface area contributed by atoms with Crippen molar-refractivity contribution < 1.29 is 17.5 Å². The van der Waals surface area contributed by atoms with Gasteiger partial charge < -0.3 is 15.0 Å². The van der Waals surface area contributed by atoms with E-state index >= 15 is 4.39 Å². The van der Waals surface area contributed by atoms with E-state index in [2.05, 4.69) is 20.3 Å². The number of halogens is 1. The number of hydrogen-bond acceptors (Lipinski definition) is 8. The molecule has 1 saturated heterocycles. The van der Waals surface area contributed by atoms with E-state index in [0.29, 0.717) is 42.7 Å². The Bertz CT molecular complexity index is 1320. The molecule has 0 radical (unpaired) electrons. The van der Waals surface area contributed by atoms with Gasteiger partial charge in [0.05, 0.1) is 18.1 Å². The number of allylic oxidation sites excluding steroid dienone is 1. The number of anilines is 2. The molecule has 172 valence electrons. The molecule has 0 amide bonds. The predicted octanol–water partition coefficient (Wildman–Crippen LogP) is 3.37. The number of aliphatic imine (C=N–C) groups is 1. The summed E-state index contributed by atoms with van der Waals surface area (Å²) in [5, 5.41) is 3.15. The molecule has 1 aliphatic carbocycles. The minimum Gasteiger partial charge on any atom is -0.421 e. The highest BCUT2D eigenvalue weighted by Crippen LogP contribution is 2.34. The molecule has 0 atom stereocenters. The average Bonchev–Trinajstić information content (AvgIpc) is 3.35. The Labute approximate surface area is 191 Å². The highest BCUT2D eigenvalue weighted by atomic mass is 32.2. The number of nitrogens with one attached hydrogen (secondary N) is 1. The first-order valence-electron chi connectivity index (χ1n) is 10.8. The SMILES string of the molecule is CC1=CC(Nc2cc(N3CCS(=O)(=O)CC3)nc(Oc3ccc4c(c3F)C=C(C)C4)n2)=NC1. The first kappa shape index (κ1) is 21.6. The standard InChI is InChI=1S/C23H24FN5O3S/c1-14-9-16-3-4-18(22(24)17(16)10-14)32-23-27-20(26-19-11-15(2)13-25-19)12-21(28-23)29-5-7-33(30,31)8-6-29/h3-4,10-12H,5-9,13H2,1-2H3,(H,25,26,27,28). The van der Waals surface area contributed by atoms with Crippen LogP contribution in [0.25, 0.3) is 6.08 Å². The number of ether oxygens (including phenoxy) is 1. The Morgan fingerprint density at radius 3 is 2.61 bits per heavy atom. The van der Waals surface area contributed by atoms with Crippen molar-refractivity contribution in [3.05, 3.63) is 52.4 Å². The number of nitrogens with zero attached hydrogens (tertiary/aromatic N) is 4. The molecule has 10 heteroatoms. The number of aromatic nitrogens is 2. The number of sulfone groups is 1. The van der Waals surface area contributed by atoms with Crippen LogP contribution in [0.4, 0.5) is 16.0 Å². The smallest absolute Gasteiger partial charge is 0.326 e. The Kier molecular flexibility index (Phi) is 5.40. The molecule has 0 spiro atoms. The molecule has 0 saturated carbocycles. The summed E-state index contributed by atoms with van der Waals surface area (Å²) in [6.45, 7) is 5.19. The number of hydrogen-bond donors (Lipinski definition) is 1. The lowest BCUT2D eigenvalue weighted by atomic mass is 10.1. The third-order valence-electron chi connectivity index (χ3n) is 5.79. The van der Waals surface area contributed by atoms with E-state index in [9.17, 15) is 8.42 Å². The summed E-state index contributed by atoms with van der Waals surface area (Å²) in [6.07, 6.45) is 4.47. The van der Waals surface area contributed by atoms with Crippen molar-refractivity contribution in [2.45, 2.75) is 20.3 Å². The van der Waals surface area contributed by atoms with Crippen molar-refractivity contribution in [3.63, 3.8) is 0 Å². The Balaban J connectivity index is 1.47. The third kappa shape index (κ3) is 4.61. The van der Waals surface area contributed by atoms with Crippen LogP contribution in [0.1, 0.15) is 25.0 Å². The second kappa shape index (κ2) is 8.26. The molecular formula is C23H24FN5O3S. The zero-order valence-corrected chi connectivity index (χ0v) is 19.2. The molecular weight excluding hydrogens is 445 g/mol. The highest BCUT2D eigenvalue weighted by Gasteiger charge is 2.25. The largest absolute Gasteiger partial charge is 0.421 e. The maximum Gasteiger partial charge on any atom is 0.326 e. The second-order valence-corrected chi connectivity index (χ2v) is 10.9. The van der Waals surface area contributed by atoms with Gasteiger partial charge in [-0.3, -0.25) is 4.99 Å². The van der Waals surface area contributed by atoms with Crippen LogP contribution in [0.5, 0.6) is 11.8 Å². The monoisotopic (exact) mass is 469 g/mol. The fourth-order valence-electron chi connectivity index (χ4n) is 4.07. The zero-order valence-electron chi connectivity index (χ0n) is 18.4. The first-order valence-corrected chi connectivity index (χ1v) is 12.6. The summed E-state index contributed by atoms with van der Waals surface area (Å²) in [6, 6.07) is 5.13. The van der Waals surface area contributed by atoms with Gasteiger partial charge in [-0.2, -0.15) is 9.97 Å². The van der Waals surface area contributed by atoms with Gasteiger partial charge in [0.1, 0.15) is 17.5 Å². The van der Waals surface area contributed by atoms with Crippen molar-refractivity contribution in [2.75, 3.05) is 41.4 Å². The van der Waals surface area contributed by atoms with Crippen LogP contribution in [0.3, 0.4) is 0 Å². The Morgan fingerprint density at radius 1 is 1.09 bits per heavy atom. The molecule has 5 rings (SSSR count). The Morgan fingerprint density at radius 2 is 1.88 bits per heavy atom. The van der Waals surface area contributed by atoms with Gasteiger partial charge in [-0.25, -0.2) is 12.8 Å². The van der Waals surface area contributed by atoms with Gasteiger partial charge in [-0.15, -0.1) is 0 Å². The Hall–Kier alpha value is -3.27. The van der Waals surface area contributed by atoms with Gasteiger partial charge in [0, 0.05) is 24.7 Å². The van der Waals surface area contributed by atoms with Crippen LogP contribution in [0.2, 0.25) is 0 Å². The molecule has 8 nitrogen and oxygen atoms in total. The predicted molar refractivity (Wildman–Crippen MR) is 126 cm³/mol. The molecule has 1 fully saturated rings. The van der Waals surface area contributed by atoms with E-state index in [-0.39, 0.29) is 23.3 Å². The van der Waals surface area contributed by atoms with Gasteiger partial charge in [0.15, 0.2) is 21.4 Å². The van der Waals surface area contributed by atoms with E-state index in [0.717, 1.165) is 23.1 Å². The second-order valence-electron chi connectivity index (χ2n) is 8.57.